The van der Waals surface area contributed by atoms with Gasteiger partial charge in [-0.3, -0.25) is 0 Å². The monoisotopic (exact) mass is 562 g/mol. The maximum absolute atomic E-state index is 6.89. The SMILES string of the molecule is c1ccc(-c2cc(-c3ccccc3)nc(-c3cccc4c3Oc3ccccc3C43c4ccccc4-c4ccccc43)n2)cc1. The second-order valence-corrected chi connectivity index (χ2v) is 11.3. The molecular weight excluding hydrogens is 536 g/mol. The molecule has 0 amide bonds. The molecule has 0 fully saturated rings. The molecular formula is C41H26N2O. The first-order valence-corrected chi connectivity index (χ1v) is 14.9. The van der Waals surface area contributed by atoms with Crippen molar-refractivity contribution in [2.45, 2.75) is 5.41 Å². The molecule has 206 valence electrons. The zero-order valence-electron chi connectivity index (χ0n) is 23.8. The molecule has 9 rings (SSSR count). The van der Waals surface area contributed by atoms with Crippen LogP contribution in [0.5, 0.6) is 11.5 Å². The van der Waals surface area contributed by atoms with Gasteiger partial charge in [-0.2, -0.15) is 0 Å². The van der Waals surface area contributed by atoms with E-state index in [4.69, 9.17) is 14.7 Å². The van der Waals surface area contributed by atoms with Crippen molar-refractivity contribution < 1.29 is 4.74 Å². The first-order valence-electron chi connectivity index (χ1n) is 14.9. The van der Waals surface area contributed by atoms with Crippen molar-refractivity contribution in [2.75, 3.05) is 0 Å². The second kappa shape index (κ2) is 9.62. The molecule has 2 heterocycles. The molecule has 0 N–H and O–H groups in total. The molecule has 2 aliphatic rings. The first-order chi connectivity index (χ1) is 21.8. The molecule has 6 aromatic carbocycles. The van der Waals surface area contributed by atoms with Gasteiger partial charge in [-0.05, 0) is 40.5 Å². The van der Waals surface area contributed by atoms with Crippen LogP contribution in [0.3, 0.4) is 0 Å². The second-order valence-electron chi connectivity index (χ2n) is 11.3. The Labute approximate surface area is 256 Å². The molecule has 0 saturated carbocycles. The zero-order chi connectivity index (χ0) is 29.1. The topological polar surface area (TPSA) is 35.0 Å². The number of nitrogens with zero attached hydrogens (tertiary/aromatic N) is 2. The van der Waals surface area contributed by atoms with E-state index in [0.29, 0.717) is 5.82 Å². The third-order valence-corrected chi connectivity index (χ3v) is 8.98. The predicted molar refractivity (Wildman–Crippen MR) is 176 cm³/mol. The first kappa shape index (κ1) is 24.8. The van der Waals surface area contributed by atoms with Gasteiger partial charge in [-0.15, -0.1) is 0 Å². The van der Waals surface area contributed by atoms with Gasteiger partial charge in [0.05, 0.1) is 22.4 Å². The van der Waals surface area contributed by atoms with E-state index < -0.39 is 5.41 Å². The Bertz CT molecular complexity index is 2100. The Morgan fingerprint density at radius 2 is 0.886 bits per heavy atom. The lowest BCUT2D eigenvalue weighted by Crippen LogP contribution is -2.32. The van der Waals surface area contributed by atoms with Crippen LogP contribution in [0.15, 0.2) is 158 Å². The summed E-state index contributed by atoms with van der Waals surface area (Å²) in [6.45, 7) is 0. The molecule has 7 aromatic rings. The minimum atomic E-state index is -0.535. The zero-order valence-corrected chi connectivity index (χ0v) is 23.8. The minimum absolute atomic E-state index is 0.535. The number of rotatable bonds is 3. The quantitative estimate of drug-likeness (QED) is 0.215. The summed E-state index contributed by atoms with van der Waals surface area (Å²) in [6, 6.07) is 55.1. The number of fused-ring (bicyclic) bond motifs is 9. The van der Waals surface area contributed by atoms with Gasteiger partial charge in [0.15, 0.2) is 5.82 Å². The smallest absolute Gasteiger partial charge is 0.164 e. The molecule has 1 aliphatic heterocycles. The van der Waals surface area contributed by atoms with Gasteiger partial charge in [0.1, 0.15) is 11.5 Å². The van der Waals surface area contributed by atoms with Crippen LogP contribution in [0.1, 0.15) is 22.3 Å². The highest BCUT2D eigenvalue weighted by molar-refractivity contribution is 5.90. The van der Waals surface area contributed by atoms with Crippen LogP contribution in [0.4, 0.5) is 0 Å². The summed E-state index contributed by atoms with van der Waals surface area (Å²) >= 11 is 0. The van der Waals surface area contributed by atoms with E-state index >= 15 is 0 Å². The highest BCUT2D eigenvalue weighted by atomic mass is 16.5. The van der Waals surface area contributed by atoms with Crippen molar-refractivity contribution in [1.29, 1.82) is 0 Å². The Kier molecular flexibility index (Phi) is 5.41. The fourth-order valence-corrected chi connectivity index (χ4v) is 7.14. The molecule has 1 spiro atoms. The lowest BCUT2D eigenvalue weighted by atomic mass is 9.66. The van der Waals surface area contributed by atoms with Crippen molar-refractivity contribution in [3.05, 3.63) is 180 Å². The average molecular weight is 563 g/mol. The van der Waals surface area contributed by atoms with Crippen LogP contribution in [-0.2, 0) is 5.41 Å². The molecule has 0 saturated heterocycles. The Balaban J connectivity index is 1.35. The van der Waals surface area contributed by atoms with Gasteiger partial charge in [-0.25, -0.2) is 9.97 Å². The van der Waals surface area contributed by atoms with Crippen LogP contribution < -0.4 is 4.74 Å². The molecule has 0 radical (unpaired) electrons. The highest BCUT2D eigenvalue weighted by Crippen LogP contribution is 2.62. The van der Waals surface area contributed by atoms with Gasteiger partial charge < -0.3 is 4.74 Å². The molecule has 0 unspecified atom stereocenters. The van der Waals surface area contributed by atoms with Gasteiger partial charge >= 0.3 is 0 Å². The minimum Gasteiger partial charge on any atom is -0.456 e. The summed E-state index contributed by atoms with van der Waals surface area (Å²) in [4.78, 5) is 10.4. The number of benzene rings is 6. The van der Waals surface area contributed by atoms with Crippen molar-refractivity contribution >= 4 is 0 Å². The number of aromatic nitrogens is 2. The van der Waals surface area contributed by atoms with Crippen molar-refractivity contribution in [2.24, 2.45) is 0 Å². The molecule has 3 nitrogen and oxygen atoms in total. The van der Waals surface area contributed by atoms with Crippen LogP contribution in [0.2, 0.25) is 0 Å². The van der Waals surface area contributed by atoms with E-state index in [2.05, 4.69) is 115 Å². The Morgan fingerprint density at radius 1 is 0.409 bits per heavy atom. The van der Waals surface area contributed by atoms with Crippen molar-refractivity contribution in [3.8, 4) is 56.5 Å². The number of ether oxygens (including phenoxy) is 1. The third-order valence-electron chi connectivity index (χ3n) is 8.98. The molecule has 1 aromatic heterocycles. The fourth-order valence-electron chi connectivity index (χ4n) is 7.14. The van der Waals surface area contributed by atoms with Crippen LogP contribution in [-0.4, -0.2) is 9.97 Å². The van der Waals surface area contributed by atoms with Gasteiger partial charge in [0.25, 0.3) is 0 Å². The summed E-state index contributed by atoms with van der Waals surface area (Å²) < 4.78 is 6.89. The summed E-state index contributed by atoms with van der Waals surface area (Å²) in [5.41, 5.74) is 11.4. The summed E-state index contributed by atoms with van der Waals surface area (Å²) in [5, 5.41) is 0. The fraction of sp³-hybridized carbons (Fsp3) is 0.0244. The number of hydrogen-bond donors (Lipinski definition) is 0. The van der Waals surface area contributed by atoms with E-state index in [9.17, 15) is 0 Å². The van der Waals surface area contributed by atoms with E-state index in [1.807, 2.05) is 42.5 Å². The van der Waals surface area contributed by atoms with E-state index in [1.54, 1.807) is 0 Å². The van der Waals surface area contributed by atoms with Gasteiger partial charge in [0, 0.05) is 22.3 Å². The number of hydrogen-bond acceptors (Lipinski definition) is 3. The highest BCUT2D eigenvalue weighted by Gasteiger charge is 2.51. The Hall–Kier alpha value is -5.80. The maximum atomic E-state index is 6.89. The number of para-hydroxylation sites is 2. The lowest BCUT2D eigenvalue weighted by molar-refractivity contribution is 0.437. The molecule has 44 heavy (non-hydrogen) atoms. The summed E-state index contributed by atoms with van der Waals surface area (Å²) in [5.74, 6) is 2.28. The third kappa shape index (κ3) is 3.50. The summed E-state index contributed by atoms with van der Waals surface area (Å²) in [7, 11) is 0. The summed E-state index contributed by atoms with van der Waals surface area (Å²) in [6.07, 6.45) is 0. The molecule has 0 atom stereocenters. The van der Waals surface area contributed by atoms with Crippen LogP contribution in [0.25, 0.3) is 45.0 Å². The normalized spacial score (nSPS) is 13.4. The Morgan fingerprint density at radius 3 is 1.50 bits per heavy atom. The average Bonchev–Trinajstić information content (AvgIpc) is 3.40. The van der Waals surface area contributed by atoms with E-state index in [0.717, 1.165) is 50.7 Å². The van der Waals surface area contributed by atoms with Gasteiger partial charge in [0.2, 0.25) is 0 Å². The lowest BCUT2D eigenvalue weighted by Gasteiger charge is -2.39. The van der Waals surface area contributed by atoms with E-state index in [1.165, 1.54) is 22.3 Å². The largest absolute Gasteiger partial charge is 0.456 e. The molecule has 1 aliphatic carbocycles. The van der Waals surface area contributed by atoms with Crippen molar-refractivity contribution in [1.82, 2.24) is 9.97 Å². The molecule has 3 heteroatoms. The predicted octanol–water partition coefficient (Wildman–Crippen LogP) is 9.95. The van der Waals surface area contributed by atoms with E-state index in [-0.39, 0.29) is 0 Å². The van der Waals surface area contributed by atoms with Crippen molar-refractivity contribution in [3.63, 3.8) is 0 Å². The molecule has 0 bridgehead atoms. The standard InChI is InChI=1S/C41H26N2O/c1-3-14-27(15-4-1)36-26-37(28-16-5-2-6-17-28)43-40(42-36)31-20-13-24-35-39(31)44-38-25-12-11-23-34(38)41(35)32-21-9-7-18-29(32)30-19-8-10-22-33(30)41/h1-26H. The maximum Gasteiger partial charge on any atom is 0.164 e. The van der Waals surface area contributed by atoms with Crippen LogP contribution in [0, 0.1) is 0 Å². The van der Waals surface area contributed by atoms with Gasteiger partial charge in [-0.1, -0.05) is 140 Å². The van der Waals surface area contributed by atoms with Crippen LogP contribution >= 0.6 is 0 Å².